The first-order valence-corrected chi connectivity index (χ1v) is 11.8. The highest BCUT2D eigenvalue weighted by Crippen LogP contribution is 2.36. The molecular weight excluding hydrogens is 431 g/mol. The number of aromatic nitrogens is 2. The van der Waals surface area contributed by atoms with Gasteiger partial charge in [0.05, 0.1) is 23.8 Å². The third-order valence-electron chi connectivity index (χ3n) is 5.63. The number of benzene rings is 2. The van der Waals surface area contributed by atoms with Crippen molar-refractivity contribution < 1.29 is 17.5 Å². The summed E-state index contributed by atoms with van der Waals surface area (Å²) in [4.78, 5) is 11.4. The van der Waals surface area contributed by atoms with Crippen LogP contribution in [0, 0.1) is 5.82 Å². The van der Waals surface area contributed by atoms with Crippen LogP contribution >= 0.6 is 0 Å². The minimum atomic E-state index is -3.88. The SMILES string of the molecule is CC(C)(c1cc(N2CCOCC2)nc(-c2ccc(N)cc2)n1)S(=O)(=O)c1ccc(F)cc1. The summed E-state index contributed by atoms with van der Waals surface area (Å²) in [6.45, 7) is 5.61. The van der Waals surface area contributed by atoms with Crippen LogP contribution in [0.4, 0.5) is 15.9 Å². The van der Waals surface area contributed by atoms with Gasteiger partial charge in [-0.1, -0.05) is 0 Å². The van der Waals surface area contributed by atoms with E-state index in [0.717, 1.165) is 17.7 Å². The highest BCUT2D eigenvalue weighted by atomic mass is 32.2. The molecule has 3 aromatic rings. The summed E-state index contributed by atoms with van der Waals surface area (Å²) in [6, 6.07) is 13.7. The number of nitrogens with zero attached hydrogens (tertiary/aromatic N) is 3. The molecule has 0 amide bonds. The van der Waals surface area contributed by atoms with Crippen LogP contribution in [0.3, 0.4) is 0 Å². The Kier molecular flexibility index (Phi) is 5.87. The van der Waals surface area contributed by atoms with Crippen molar-refractivity contribution in [1.29, 1.82) is 0 Å². The minimum Gasteiger partial charge on any atom is -0.399 e. The molecule has 0 unspecified atom stereocenters. The molecule has 2 aromatic carbocycles. The van der Waals surface area contributed by atoms with Gasteiger partial charge in [0, 0.05) is 30.4 Å². The molecule has 2 heterocycles. The van der Waals surface area contributed by atoms with E-state index in [9.17, 15) is 12.8 Å². The molecule has 7 nitrogen and oxygen atoms in total. The predicted molar refractivity (Wildman–Crippen MR) is 122 cm³/mol. The molecule has 0 saturated carbocycles. The van der Waals surface area contributed by atoms with Crippen LogP contribution in [0.1, 0.15) is 19.5 Å². The Morgan fingerprint density at radius 2 is 1.62 bits per heavy atom. The van der Waals surface area contributed by atoms with Gasteiger partial charge in [-0.25, -0.2) is 22.8 Å². The van der Waals surface area contributed by atoms with Crippen molar-refractivity contribution >= 4 is 21.3 Å². The van der Waals surface area contributed by atoms with Crippen LogP contribution in [0.15, 0.2) is 59.5 Å². The van der Waals surface area contributed by atoms with E-state index >= 15 is 0 Å². The van der Waals surface area contributed by atoms with Gasteiger partial charge in [-0.2, -0.15) is 0 Å². The zero-order chi connectivity index (χ0) is 22.9. The monoisotopic (exact) mass is 456 g/mol. The number of sulfone groups is 1. The maximum absolute atomic E-state index is 13.5. The second-order valence-electron chi connectivity index (χ2n) is 8.12. The minimum absolute atomic E-state index is 0.0319. The second kappa shape index (κ2) is 8.48. The van der Waals surface area contributed by atoms with Gasteiger partial charge < -0.3 is 15.4 Å². The molecule has 0 spiro atoms. The molecule has 1 saturated heterocycles. The highest BCUT2D eigenvalue weighted by molar-refractivity contribution is 7.92. The summed E-state index contributed by atoms with van der Waals surface area (Å²) >= 11 is 0. The topological polar surface area (TPSA) is 98.4 Å². The van der Waals surface area contributed by atoms with E-state index in [1.807, 2.05) is 0 Å². The molecule has 0 bridgehead atoms. The van der Waals surface area contributed by atoms with Crippen molar-refractivity contribution in [1.82, 2.24) is 9.97 Å². The zero-order valence-electron chi connectivity index (χ0n) is 18.0. The number of anilines is 2. The highest BCUT2D eigenvalue weighted by Gasteiger charge is 2.40. The Morgan fingerprint density at radius 3 is 2.25 bits per heavy atom. The average Bonchev–Trinajstić information content (AvgIpc) is 2.80. The third-order valence-corrected chi connectivity index (χ3v) is 8.07. The lowest BCUT2D eigenvalue weighted by Crippen LogP contribution is -2.37. The van der Waals surface area contributed by atoms with Gasteiger partial charge >= 0.3 is 0 Å². The fourth-order valence-electron chi connectivity index (χ4n) is 3.50. The summed E-state index contributed by atoms with van der Waals surface area (Å²) in [6.07, 6.45) is 0. The zero-order valence-corrected chi connectivity index (χ0v) is 18.8. The van der Waals surface area contributed by atoms with E-state index in [0.29, 0.717) is 49.3 Å². The van der Waals surface area contributed by atoms with Crippen LogP contribution in [0.25, 0.3) is 11.4 Å². The average molecular weight is 457 g/mol. The van der Waals surface area contributed by atoms with Crippen molar-refractivity contribution in [3.63, 3.8) is 0 Å². The van der Waals surface area contributed by atoms with E-state index in [-0.39, 0.29) is 4.90 Å². The molecule has 0 aliphatic carbocycles. The van der Waals surface area contributed by atoms with Gasteiger partial charge in [-0.15, -0.1) is 0 Å². The second-order valence-corrected chi connectivity index (χ2v) is 10.6. The number of halogens is 1. The summed E-state index contributed by atoms with van der Waals surface area (Å²) in [5.41, 5.74) is 7.50. The molecule has 4 rings (SSSR count). The van der Waals surface area contributed by atoms with Crippen molar-refractivity contribution in [3.05, 3.63) is 66.1 Å². The molecule has 1 aromatic heterocycles. The Morgan fingerprint density at radius 1 is 1.00 bits per heavy atom. The van der Waals surface area contributed by atoms with Crippen LogP contribution < -0.4 is 10.6 Å². The standard InChI is InChI=1S/C23H25FN4O3S/c1-23(2,32(29,30)19-9-5-17(24)6-10-19)20-15-21(28-11-13-31-14-12-28)27-22(26-20)16-3-7-18(25)8-4-16/h3-10,15H,11-14,25H2,1-2H3. The number of nitrogen functional groups attached to an aromatic ring is 1. The first-order valence-electron chi connectivity index (χ1n) is 10.3. The Balaban J connectivity index is 1.85. The van der Waals surface area contributed by atoms with Crippen LogP contribution in [-0.2, 0) is 19.3 Å². The number of nitrogens with two attached hydrogens (primary N) is 1. The lowest BCUT2D eigenvalue weighted by atomic mass is 10.1. The summed E-state index contributed by atoms with van der Waals surface area (Å²) in [5.74, 6) is 0.544. The summed E-state index contributed by atoms with van der Waals surface area (Å²) in [5, 5.41) is 0. The first-order chi connectivity index (χ1) is 15.2. The maximum atomic E-state index is 13.5. The number of hydrogen-bond acceptors (Lipinski definition) is 7. The van der Waals surface area contributed by atoms with Gasteiger partial charge in [0.15, 0.2) is 15.7 Å². The number of morpholine rings is 1. The molecule has 9 heteroatoms. The summed E-state index contributed by atoms with van der Waals surface area (Å²) < 4.78 is 44.5. The van der Waals surface area contributed by atoms with Crippen molar-refractivity contribution in [2.24, 2.45) is 0 Å². The molecule has 1 aliphatic heterocycles. The van der Waals surface area contributed by atoms with Crippen molar-refractivity contribution in [2.75, 3.05) is 36.9 Å². The van der Waals surface area contributed by atoms with Crippen molar-refractivity contribution in [3.8, 4) is 11.4 Å². The Labute approximate surface area is 187 Å². The van der Waals surface area contributed by atoms with Crippen molar-refractivity contribution in [2.45, 2.75) is 23.5 Å². The molecule has 0 atom stereocenters. The van der Waals surface area contributed by atoms with Gasteiger partial charge in [0.2, 0.25) is 0 Å². The quantitative estimate of drug-likeness (QED) is 0.464. The first kappa shape index (κ1) is 22.2. The van der Waals surface area contributed by atoms with Gasteiger partial charge in [0.25, 0.3) is 0 Å². The maximum Gasteiger partial charge on any atom is 0.189 e. The van der Waals surface area contributed by atoms with Gasteiger partial charge in [-0.05, 0) is 62.4 Å². The fraction of sp³-hybridized carbons (Fsp3) is 0.304. The molecule has 168 valence electrons. The van der Waals surface area contributed by atoms with E-state index < -0.39 is 20.4 Å². The lowest BCUT2D eigenvalue weighted by Gasteiger charge is -2.30. The van der Waals surface area contributed by atoms with Gasteiger partial charge in [-0.3, -0.25) is 0 Å². The van der Waals surface area contributed by atoms with Crippen LogP contribution in [0.2, 0.25) is 0 Å². The number of ether oxygens (including phenoxy) is 1. The van der Waals surface area contributed by atoms with E-state index in [1.54, 1.807) is 44.2 Å². The smallest absolute Gasteiger partial charge is 0.189 e. The molecule has 1 aliphatic rings. The normalized spacial score (nSPS) is 15.0. The van der Waals surface area contributed by atoms with Gasteiger partial charge in [0.1, 0.15) is 16.4 Å². The van der Waals surface area contributed by atoms with E-state index in [1.165, 1.54) is 12.1 Å². The Hall–Kier alpha value is -3.04. The third kappa shape index (κ3) is 4.18. The van der Waals surface area contributed by atoms with E-state index in [4.69, 9.17) is 15.5 Å². The fourth-order valence-corrected chi connectivity index (χ4v) is 4.97. The van der Waals surface area contributed by atoms with Crippen LogP contribution in [-0.4, -0.2) is 44.7 Å². The molecule has 0 radical (unpaired) electrons. The molecule has 32 heavy (non-hydrogen) atoms. The summed E-state index contributed by atoms with van der Waals surface area (Å²) in [7, 11) is -3.88. The Bertz CT molecular complexity index is 1210. The van der Waals surface area contributed by atoms with Crippen LogP contribution in [0.5, 0.6) is 0 Å². The lowest BCUT2D eigenvalue weighted by molar-refractivity contribution is 0.122. The number of hydrogen-bond donors (Lipinski definition) is 1. The van der Waals surface area contributed by atoms with E-state index in [2.05, 4.69) is 9.88 Å². The predicted octanol–water partition coefficient (Wildman–Crippen LogP) is 3.41. The number of rotatable bonds is 5. The largest absolute Gasteiger partial charge is 0.399 e. The molecular formula is C23H25FN4O3S. The molecule has 1 fully saturated rings. The molecule has 2 N–H and O–H groups in total.